The second-order valence-corrected chi connectivity index (χ2v) is 2.75. The Balaban J connectivity index is 2.85. The SMILES string of the molecule is CC/C1=C/C=C(F)\C=C\C[C@H]1F. The van der Waals surface area contributed by atoms with Gasteiger partial charge >= 0.3 is 0 Å². The van der Waals surface area contributed by atoms with E-state index < -0.39 is 6.17 Å². The quantitative estimate of drug-likeness (QED) is 0.565. The molecule has 0 bridgehead atoms. The molecule has 0 saturated carbocycles. The van der Waals surface area contributed by atoms with Crippen molar-refractivity contribution < 1.29 is 8.78 Å². The third kappa shape index (κ3) is 2.29. The normalized spacial score (nSPS) is 35.4. The molecular formula is C10H12F2. The molecule has 0 N–H and O–H groups in total. The first-order chi connectivity index (χ1) is 5.74. The maximum atomic E-state index is 13.1. The molecule has 0 radical (unpaired) electrons. The number of rotatable bonds is 1. The van der Waals surface area contributed by atoms with Crippen LogP contribution >= 0.6 is 0 Å². The molecule has 1 aliphatic rings. The first kappa shape index (κ1) is 9.17. The minimum atomic E-state index is -0.949. The molecule has 1 aliphatic carbocycles. The van der Waals surface area contributed by atoms with E-state index in [0.717, 1.165) is 0 Å². The standard InChI is InChI=1S/C10H12F2/c1-2-8-6-7-9(11)4-3-5-10(8)12/h3-4,6-7,10H,2,5H2,1H3/b4-3+,8-6-,9-7+/t10-/m1/s1. The smallest absolute Gasteiger partial charge is 0.125 e. The summed E-state index contributed by atoms with van der Waals surface area (Å²) in [5, 5.41) is 0. The molecule has 0 saturated heterocycles. The Bertz CT molecular complexity index is 236. The van der Waals surface area contributed by atoms with Crippen LogP contribution in [0.5, 0.6) is 0 Å². The highest BCUT2D eigenvalue weighted by Gasteiger charge is 2.09. The van der Waals surface area contributed by atoms with Crippen molar-refractivity contribution in [1.29, 1.82) is 0 Å². The highest BCUT2D eigenvalue weighted by molar-refractivity contribution is 5.26. The Morgan fingerprint density at radius 3 is 2.92 bits per heavy atom. The Labute approximate surface area is 71.3 Å². The molecule has 0 amide bonds. The third-order valence-electron chi connectivity index (χ3n) is 1.89. The summed E-state index contributed by atoms with van der Waals surface area (Å²) in [5.74, 6) is -0.312. The Morgan fingerprint density at radius 2 is 2.25 bits per heavy atom. The van der Waals surface area contributed by atoms with Gasteiger partial charge in [-0.05, 0) is 24.1 Å². The van der Waals surface area contributed by atoms with Crippen molar-refractivity contribution in [1.82, 2.24) is 0 Å². The Morgan fingerprint density at radius 1 is 1.50 bits per heavy atom. The topological polar surface area (TPSA) is 0 Å². The van der Waals surface area contributed by atoms with E-state index in [1.807, 2.05) is 6.92 Å². The Hall–Kier alpha value is -0.920. The molecule has 0 aromatic carbocycles. The van der Waals surface area contributed by atoms with Gasteiger partial charge in [0.25, 0.3) is 0 Å². The predicted molar refractivity (Wildman–Crippen MR) is 46.2 cm³/mol. The lowest BCUT2D eigenvalue weighted by molar-refractivity contribution is 0.378. The third-order valence-corrected chi connectivity index (χ3v) is 1.89. The molecule has 0 aliphatic heterocycles. The van der Waals surface area contributed by atoms with Gasteiger partial charge in [0.1, 0.15) is 12.0 Å². The minimum Gasteiger partial charge on any atom is -0.242 e. The molecule has 0 aromatic rings. The fourth-order valence-electron chi connectivity index (χ4n) is 1.14. The summed E-state index contributed by atoms with van der Waals surface area (Å²) >= 11 is 0. The first-order valence-electron chi connectivity index (χ1n) is 4.11. The highest BCUT2D eigenvalue weighted by Crippen LogP contribution is 2.18. The number of allylic oxidation sites excluding steroid dienone is 6. The first-order valence-corrected chi connectivity index (χ1v) is 4.11. The summed E-state index contributed by atoms with van der Waals surface area (Å²) in [7, 11) is 0. The molecule has 0 heterocycles. The molecule has 12 heavy (non-hydrogen) atoms. The van der Waals surface area contributed by atoms with E-state index in [4.69, 9.17) is 0 Å². The van der Waals surface area contributed by atoms with Gasteiger partial charge in [-0.3, -0.25) is 0 Å². The zero-order chi connectivity index (χ0) is 8.97. The number of hydrogen-bond donors (Lipinski definition) is 0. The number of alkyl halides is 1. The van der Waals surface area contributed by atoms with Gasteiger partial charge in [-0.1, -0.05) is 19.1 Å². The predicted octanol–water partition coefficient (Wildman–Crippen LogP) is 3.47. The van der Waals surface area contributed by atoms with Gasteiger partial charge in [-0.25, -0.2) is 8.78 Å². The van der Waals surface area contributed by atoms with Gasteiger partial charge in [0.05, 0.1) is 0 Å². The van der Waals surface area contributed by atoms with Crippen LogP contribution in [0.2, 0.25) is 0 Å². The second-order valence-electron chi connectivity index (χ2n) is 2.75. The molecule has 0 spiro atoms. The van der Waals surface area contributed by atoms with Gasteiger partial charge in [0.2, 0.25) is 0 Å². The highest BCUT2D eigenvalue weighted by atomic mass is 19.1. The van der Waals surface area contributed by atoms with Gasteiger partial charge in [-0.15, -0.1) is 0 Å². The van der Waals surface area contributed by atoms with Gasteiger partial charge in [-0.2, -0.15) is 0 Å². The summed E-state index contributed by atoms with van der Waals surface area (Å²) in [6.45, 7) is 1.87. The van der Waals surface area contributed by atoms with Crippen molar-refractivity contribution in [2.75, 3.05) is 0 Å². The Kier molecular flexibility index (Phi) is 3.20. The van der Waals surface area contributed by atoms with E-state index in [1.165, 1.54) is 24.3 Å². The van der Waals surface area contributed by atoms with E-state index >= 15 is 0 Å². The van der Waals surface area contributed by atoms with Crippen molar-refractivity contribution in [2.45, 2.75) is 25.9 Å². The molecule has 66 valence electrons. The molecule has 0 fully saturated rings. The van der Waals surface area contributed by atoms with Crippen LogP contribution in [-0.2, 0) is 0 Å². The maximum absolute atomic E-state index is 13.1. The number of hydrogen-bond acceptors (Lipinski definition) is 0. The van der Waals surface area contributed by atoms with Crippen LogP contribution in [-0.4, -0.2) is 6.17 Å². The van der Waals surface area contributed by atoms with Crippen LogP contribution in [0.4, 0.5) is 8.78 Å². The van der Waals surface area contributed by atoms with Crippen LogP contribution in [0.15, 0.2) is 35.7 Å². The monoisotopic (exact) mass is 170 g/mol. The van der Waals surface area contributed by atoms with Crippen LogP contribution in [0.3, 0.4) is 0 Å². The van der Waals surface area contributed by atoms with Crippen molar-refractivity contribution in [3.8, 4) is 0 Å². The van der Waals surface area contributed by atoms with E-state index in [1.54, 1.807) is 0 Å². The van der Waals surface area contributed by atoms with Crippen LogP contribution in [0, 0.1) is 0 Å². The fraction of sp³-hybridized carbons (Fsp3) is 0.400. The summed E-state index contributed by atoms with van der Waals surface area (Å²) in [6, 6.07) is 0. The largest absolute Gasteiger partial charge is 0.242 e. The van der Waals surface area contributed by atoms with E-state index in [-0.39, 0.29) is 12.2 Å². The zero-order valence-corrected chi connectivity index (χ0v) is 7.06. The minimum absolute atomic E-state index is 0.279. The summed E-state index contributed by atoms with van der Waals surface area (Å²) in [4.78, 5) is 0. The summed E-state index contributed by atoms with van der Waals surface area (Å²) in [5.41, 5.74) is 0.662. The second kappa shape index (κ2) is 4.19. The van der Waals surface area contributed by atoms with Gasteiger partial charge in [0.15, 0.2) is 0 Å². The lowest BCUT2D eigenvalue weighted by atomic mass is 10.0. The molecule has 0 unspecified atom stereocenters. The molecule has 1 atom stereocenters. The van der Waals surface area contributed by atoms with E-state index in [2.05, 4.69) is 0 Å². The van der Waals surface area contributed by atoms with Crippen molar-refractivity contribution >= 4 is 0 Å². The van der Waals surface area contributed by atoms with Crippen LogP contribution < -0.4 is 0 Å². The zero-order valence-electron chi connectivity index (χ0n) is 7.06. The van der Waals surface area contributed by atoms with E-state index in [0.29, 0.717) is 12.0 Å². The molecule has 0 nitrogen and oxygen atoms in total. The van der Waals surface area contributed by atoms with Crippen molar-refractivity contribution in [3.63, 3.8) is 0 Å². The van der Waals surface area contributed by atoms with E-state index in [9.17, 15) is 8.78 Å². The fourth-order valence-corrected chi connectivity index (χ4v) is 1.14. The van der Waals surface area contributed by atoms with Crippen molar-refractivity contribution in [2.24, 2.45) is 0 Å². The van der Waals surface area contributed by atoms with Crippen LogP contribution in [0.1, 0.15) is 19.8 Å². The van der Waals surface area contributed by atoms with Crippen molar-refractivity contribution in [3.05, 3.63) is 35.7 Å². The summed E-state index contributed by atoms with van der Waals surface area (Å²) in [6.07, 6.45) is 5.63. The maximum Gasteiger partial charge on any atom is 0.125 e. The molecular weight excluding hydrogens is 158 g/mol. The van der Waals surface area contributed by atoms with Gasteiger partial charge in [0, 0.05) is 6.42 Å². The number of halogens is 2. The lowest BCUT2D eigenvalue weighted by Gasteiger charge is -2.09. The lowest BCUT2D eigenvalue weighted by Crippen LogP contribution is -2.02. The molecule has 2 heteroatoms. The molecule has 0 aromatic heterocycles. The molecule has 1 rings (SSSR count). The average Bonchev–Trinajstić information content (AvgIpc) is 2.03. The van der Waals surface area contributed by atoms with Gasteiger partial charge < -0.3 is 0 Å². The van der Waals surface area contributed by atoms with Crippen LogP contribution in [0.25, 0.3) is 0 Å². The summed E-state index contributed by atoms with van der Waals surface area (Å²) < 4.78 is 25.8. The average molecular weight is 170 g/mol.